The van der Waals surface area contributed by atoms with Crippen molar-refractivity contribution in [1.29, 1.82) is 0 Å². The summed E-state index contributed by atoms with van der Waals surface area (Å²) in [5.41, 5.74) is 0. The van der Waals surface area contributed by atoms with Crippen LogP contribution in [0.25, 0.3) is 0 Å². The van der Waals surface area contributed by atoms with E-state index in [9.17, 15) is 4.57 Å². The molecule has 0 aliphatic heterocycles. The predicted octanol–water partition coefficient (Wildman–Crippen LogP) is 0.799. The van der Waals surface area contributed by atoms with Gasteiger partial charge in [-0.2, -0.15) is 0 Å². The Bertz CT molecular complexity index is 227. The van der Waals surface area contributed by atoms with Gasteiger partial charge in [-0.1, -0.05) is 18.2 Å². The van der Waals surface area contributed by atoms with Crippen LogP contribution in [-0.4, -0.2) is 23.8 Å². The van der Waals surface area contributed by atoms with Crippen LogP contribution in [0.15, 0.2) is 30.3 Å². The van der Waals surface area contributed by atoms with Crippen LogP contribution >= 0.6 is 8.25 Å². The summed E-state index contributed by atoms with van der Waals surface area (Å²) in [5.74, 6) is 0.425. The zero-order valence-electron chi connectivity index (χ0n) is 5.15. The van der Waals surface area contributed by atoms with Crippen molar-refractivity contribution in [1.82, 2.24) is 0 Å². The van der Waals surface area contributed by atoms with E-state index >= 15 is 0 Å². The van der Waals surface area contributed by atoms with Crippen molar-refractivity contribution in [3.63, 3.8) is 0 Å². The number of benzene rings is 1. The van der Waals surface area contributed by atoms with E-state index < -0.39 is 8.25 Å². The molecule has 0 aliphatic carbocycles. The summed E-state index contributed by atoms with van der Waals surface area (Å²) in [6, 6.07) is 8.53. The van der Waals surface area contributed by atoms with Crippen LogP contribution in [0.4, 0.5) is 0 Å². The molecular formula is C6H8LiO3P. The Labute approximate surface area is 77.5 Å². The van der Waals surface area contributed by atoms with Gasteiger partial charge >= 0.3 is 27.1 Å². The van der Waals surface area contributed by atoms with Gasteiger partial charge in [0.05, 0.1) is 0 Å². The quantitative estimate of drug-likeness (QED) is 0.522. The average molecular weight is 166 g/mol. The zero-order valence-corrected chi connectivity index (χ0v) is 6.15. The minimum atomic E-state index is -2.84. The summed E-state index contributed by atoms with van der Waals surface area (Å²) >= 11 is 0. The topological polar surface area (TPSA) is 46.5 Å². The van der Waals surface area contributed by atoms with Gasteiger partial charge in [0.2, 0.25) is 0 Å². The first-order valence-electron chi connectivity index (χ1n) is 2.75. The Morgan fingerprint density at radius 3 is 2.27 bits per heavy atom. The number of rotatable bonds is 2. The summed E-state index contributed by atoms with van der Waals surface area (Å²) in [7, 11) is -2.84. The minimum absolute atomic E-state index is 0. The molecular weight excluding hydrogens is 158 g/mol. The molecule has 0 spiro atoms. The molecule has 5 heteroatoms. The van der Waals surface area contributed by atoms with Crippen LogP contribution in [0.5, 0.6) is 5.75 Å². The van der Waals surface area contributed by atoms with E-state index in [4.69, 9.17) is 4.89 Å². The first-order valence-corrected chi connectivity index (χ1v) is 4.01. The van der Waals surface area contributed by atoms with Crippen molar-refractivity contribution in [2.24, 2.45) is 0 Å². The molecule has 1 N–H and O–H groups in total. The molecule has 1 atom stereocenters. The van der Waals surface area contributed by atoms with Gasteiger partial charge in [-0.3, -0.25) is 0 Å². The van der Waals surface area contributed by atoms with Gasteiger partial charge in [0.25, 0.3) is 0 Å². The SMILES string of the molecule is O=[PH](O)Oc1ccccc1.[LiH]. The maximum absolute atomic E-state index is 10.1. The van der Waals surface area contributed by atoms with Crippen molar-refractivity contribution in [3.05, 3.63) is 30.3 Å². The van der Waals surface area contributed by atoms with Crippen LogP contribution < -0.4 is 4.52 Å². The molecule has 56 valence electrons. The number of para-hydroxylation sites is 1. The summed E-state index contributed by atoms with van der Waals surface area (Å²) in [5, 5.41) is 0. The fourth-order valence-electron chi connectivity index (χ4n) is 0.589. The fourth-order valence-corrected chi connectivity index (χ4v) is 0.927. The van der Waals surface area contributed by atoms with E-state index in [-0.39, 0.29) is 18.9 Å². The molecule has 0 aromatic heterocycles. The van der Waals surface area contributed by atoms with Gasteiger partial charge in [-0.25, -0.2) is 4.57 Å². The van der Waals surface area contributed by atoms with E-state index in [0.29, 0.717) is 5.75 Å². The molecule has 1 aromatic rings. The molecule has 0 saturated carbocycles. The molecule has 0 amide bonds. The van der Waals surface area contributed by atoms with Gasteiger partial charge < -0.3 is 9.42 Å². The second kappa shape index (κ2) is 5.46. The van der Waals surface area contributed by atoms with E-state index in [1.807, 2.05) is 0 Å². The molecule has 0 saturated heterocycles. The Kier molecular flexibility index (Phi) is 5.36. The van der Waals surface area contributed by atoms with Crippen molar-refractivity contribution in [3.8, 4) is 5.75 Å². The first kappa shape index (κ1) is 10.8. The molecule has 0 heterocycles. The monoisotopic (exact) mass is 166 g/mol. The van der Waals surface area contributed by atoms with Gasteiger partial charge in [0.15, 0.2) is 0 Å². The Morgan fingerprint density at radius 1 is 1.27 bits per heavy atom. The van der Waals surface area contributed by atoms with Gasteiger partial charge in [0.1, 0.15) is 5.75 Å². The van der Waals surface area contributed by atoms with Crippen LogP contribution in [-0.2, 0) is 4.57 Å². The van der Waals surface area contributed by atoms with Gasteiger partial charge in [-0.05, 0) is 12.1 Å². The Hall–Kier alpha value is -0.193. The third kappa shape index (κ3) is 4.29. The van der Waals surface area contributed by atoms with Crippen LogP contribution in [0.3, 0.4) is 0 Å². The number of hydrogen-bond donors (Lipinski definition) is 1. The van der Waals surface area contributed by atoms with Crippen molar-refractivity contribution in [2.45, 2.75) is 0 Å². The molecule has 1 rings (SSSR count). The van der Waals surface area contributed by atoms with Crippen LogP contribution in [0, 0.1) is 0 Å². The summed E-state index contributed by atoms with van der Waals surface area (Å²) in [6.07, 6.45) is 0. The average Bonchev–Trinajstić information content (AvgIpc) is 1.88. The van der Waals surface area contributed by atoms with Crippen LogP contribution in [0.1, 0.15) is 0 Å². The third-order valence-electron chi connectivity index (χ3n) is 0.948. The van der Waals surface area contributed by atoms with E-state index in [2.05, 4.69) is 4.52 Å². The normalized spacial score (nSPS) is 11.4. The second-order valence-electron chi connectivity index (χ2n) is 1.68. The van der Waals surface area contributed by atoms with Crippen molar-refractivity contribution in [2.75, 3.05) is 0 Å². The fraction of sp³-hybridized carbons (Fsp3) is 0. The molecule has 0 bridgehead atoms. The molecule has 0 aliphatic rings. The third-order valence-corrected chi connectivity index (χ3v) is 1.36. The number of hydrogen-bond acceptors (Lipinski definition) is 2. The Morgan fingerprint density at radius 2 is 1.82 bits per heavy atom. The molecule has 0 fully saturated rings. The zero-order chi connectivity index (χ0) is 7.40. The van der Waals surface area contributed by atoms with Gasteiger partial charge in [0, 0.05) is 0 Å². The van der Waals surface area contributed by atoms with Gasteiger partial charge in [-0.15, -0.1) is 0 Å². The molecule has 1 aromatic carbocycles. The summed E-state index contributed by atoms with van der Waals surface area (Å²) < 4.78 is 14.6. The summed E-state index contributed by atoms with van der Waals surface area (Å²) in [4.78, 5) is 8.33. The Balaban J connectivity index is 0.000001000. The molecule has 3 nitrogen and oxygen atoms in total. The van der Waals surface area contributed by atoms with E-state index in [1.54, 1.807) is 30.3 Å². The molecule has 0 radical (unpaired) electrons. The predicted molar refractivity (Wildman–Crippen MR) is 45.4 cm³/mol. The van der Waals surface area contributed by atoms with E-state index in [1.165, 1.54) is 0 Å². The summed E-state index contributed by atoms with van der Waals surface area (Å²) in [6.45, 7) is 0. The molecule has 1 unspecified atom stereocenters. The second-order valence-corrected chi connectivity index (χ2v) is 2.42. The van der Waals surface area contributed by atoms with E-state index in [0.717, 1.165) is 0 Å². The van der Waals surface area contributed by atoms with Crippen molar-refractivity contribution < 1.29 is 14.0 Å². The standard InChI is InChI=1S/C6H7O3P.Li.H/c7-10(8)9-6-4-2-1-3-5-6;;/h1-5,10H,(H,7,8);;. The van der Waals surface area contributed by atoms with Crippen LogP contribution in [0.2, 0.25) is 0 Å². The first-order chi connectivity index (χ1) is 4.79. The maximum atomic E-state index is 10.1. The van der Waals surface area contributed by atoms with Crippen molar-refractivity contribution >= 4 is 27.1 Å². The molecule has 11 heavy (non-hydrogen) atoms.